The zero-order chi connectivity index (χ0) is 19.4. The highest BCUT2D eigenvalue weighted by Gasteiger charge is 2.13. The zero-order valence-corrected chi connectivity index (χ0v) is 16.9. The average Bonchev–Trinajstić information content (AvgIpc) is 3.07. The Bertz CT molecular complexity index is 947. The number of nitrogens with one attached hydrogen (secondary N) is 1. The van der Waals surface area contributed by atoms with Crippen LogP contribution in [0.1, 0.15) is 25.8 Å². The number of thiazole rings is 1. The Morgan fingerprint density at radius 1 is 1.22 bits per heavy atom. The maximum absolute atomic E-state index is 5.67. The number of nitrogens with zero attached hydrogens (tertiary/aromatic N) is 3. The molecule has 3 aromatic heterocycles. The van der Waals surface area contributed by atoms with Gasteiger partial charge in [0.25, 0.3) is 0 Å². The van der Waals surface area contributed by atoms with E-state index in [0.717, 1.165) is 33.7 Å². The van der Waals surface area contributed by atoms with Gasteiger partial charge in [0.1, 0.15) is 11.1 Å². The van der Waals surface area contributed by atoms with Gasteiger partial charge in [-0.2, -0.15) is 0 Å². The molecule has 0 aliphatic carbocycles. The third kappa shape index (κ3) is 4.95. The maximum atomic E-state index is 5.67. The number of fused-ring (bicyclic) bond motifs is 1. The second-order valence-corrected chi connectivity index (χ2v) is 7.96. The van der Waals surface area contributed by atoms with Crippen LogP contribution in [0.2, 0.25) is 0 Å². The van der Waals surface area contributed by atoms with Crippen molar-refractivity contribution in [1.29, 1.82) is 0 Å². The quantitative estimate of drug-likeness (QED) is 0.616. The summed E-state index contributed by atoms with van der Waals surface area (Å²) >= 11 is 1.63. The third-order valence-corrected chi connectivity index (χ3v) is 4.59. The van der Waals surface area contributed by atoms with E-state index in [1.54, 1.807) is 24.6 Å². The molecule has 0 amide bonds. The number of pyridine rings is 2. The van der Waals surface area contributed by atoms with Crippen LogP contribution in [0.15, 0.2) is 42.2 Å². The molecule has 0 aliphatic rings. The Morgan fingerprint density at radius 3 is 2.78 bits per heavy atom. The SMILES string of the molecule is C=C(NCCc1nc(-c2ccnc3ccc(OC)nc23)cs1)OC(C)(C)C. The molecule has 0 atom stereocenters. The lowest BCUT2D eigenvalue weighted by Crippen LogP contribution is -2.26. The van der Waals surface area contributed by atoms with Gasteiger partial charge in [-0.3, -0.25) is 4.98 Å². The molecule has 0 bridgehead atoms. The molecule has 0 spiro atoms. The summed E-state index contributed by atoms with van der Waals surface area (Å²) < 4.78 is 10.9. The summed E-state index contributed by atoms with van der Waals surface area (Å²) in [7, 11) is 1.61. The number of methoxy groups -OCH3 is 1. The first kappa shape index (κ1) is 19.1. The smallest absolute Gasteiger partial charge is 0.213 e. The van der Waals surface area contributed by atoms with Crippen molar-refractivity contribution in [3.05, 3.63) is 47.2 Å². The minimum absolute atomic E-state index is 0.255. The van der Waals surface area contributed by atoms with Gasteiger partial charge in [0.15, 0.2) is 5.88 Å². The molecule has 0 aliphatic heterocycles. The first-order valence-electron chi connectivity index (χ1n) is 8.72. The summed E-state index contributed by atoms with van der Waals surface area (Å²) in [4.78, 5) is 13.7. The van der Waals surface area contributed by atoms with Gasteiger partial charge in [-0.25, -0.2) is 9.97 Å². The van der Waals surface area contributed by atoms with Crippen LogP contribution < -0.4 is 10.1 Å². The van der Waals surface area contributed by atoms with Gasteiger partial charge in [0, 0.05) is 36.2 Å². The van der Waals surface area contributed by atoms with E-state index in [1.165, 1.54) is 0 Å². The standard InChI is InChI=1S/C20H24N4O2S/c1-13(26-20(2,3)4)21-11-9-18-23-16(12-27-18)14-8-10-22-15-6-7-17(25-5)24-19(14)15/h6-8,10,12,21H,1,9,11H2,2-5H3. The first-order valence-corrected chi connectivity index (χ1v) is 9.60. The molecule has 0 fully saturated rings. The van der Waals surface area contributed by atoms with Gasteiger partial charge < -0.3 is 14.8 Å². The molecule has 6 nitrogen and oxygen atoms in total. The number of hydrogen-bond acceptors (Lipinski definition) is 7. The number of ether oxygens (including phenoxy) is 2. The van der Waals surface area contributed by atoms with E-state index < -0.39 is 0 Å². The average molecular weight is 385 g/mol. The monoisotopic (exact) mass is 384 g/mol. The summed E-state index contributed by atoms with van der Waals surface area (Å²) in [5.74, 6) is 1.14. The topological polar surface area (TPSA) is 69.2 Å². The first-order chi connectivity index (χ1) is 12.9. The van der Waals surface area contributed by atoms with Crippen molar-refractivity contribution in [2.24, 2.45) is 0 Å². The van der Waals surface area contributed by atoms with Crippen molar-refractivity contribution in [1.82, 2.24) is 20.3 Å². The van der Waals surface area contributed by atoms with Gasteiger partial charge in [0.2, 0.25) is 5.88 Å². The molecule has 3 aromatic rings. The summed E-state index contributed by atoms with van der Waals surface area (Å²) in [6.45, 7) is 10.6. The van der Waals surface area contributed by atoms with Gasteiger partial charge in [-0.05, 0) is 39.5 Å². The molecular formula is C20H24N4O2S. The van der Waals surface area contributed by atoms with Crippen LogP contribution in [0.3, 0.4) is 0 Å². The fourth-order valence-electron chi connectivity index (χ4n) is 2.59. The van der Waals surface area contributed by atoms with Gasteiger partial charge >= 0.3 is 0 Å². The van der Waals surface area contributed by atoms with Crippen LogP contribution in [0, 0.1) is 0 Å². The normalized spacial score (nSPS) is 11.4. The minimum atomic E-state index is -0.255. The zero-order valence-electron chi connectivity index (χ0n) is 16.1. The lowest BCUT2D eigenvalue weighted by molar-refractivity contribution is 0.0417. The Labute approximate surface area is 163 Å². The molecular weight excluding hydrogens is 360 g/mol. The molecule has 0 radical (unpaired) electrons. The summed E-state index contributed by atoms with van der Waals surface area (Å²) in [6, 6.07) is 5.65. The van der Waals surface area contributed by atoms with E-state index in [4.69, 9.17) is 14.5 Å². The van der Waals surface area contributed by atoms with E-state index in [9.17, 15) is 0 Å². The number of rotatable bonds is 7. The predicted octanol–water partition coefficient (Wildman–Crippen LogP) is 4.18. The van der Waals surface area contributed by atoms with Crippen molar-refractivity contribution in [3.8, 4) is 17.1 Å². The van der Waals surface area contributed by atoms with Crippen LogP contribution in [0.4, 0.5) is 0 Å². The minimum Gasteiger partial charge on any atom is -0.481 e. The highest BCUT2D eigenvalue weighted by atomic mass is 32.1. The summed E-state index contributed by atoms with van der Waals surface area (Å²) in [5.41, 5.74) is 3.20. The lowest BCUT2D eigenvalue weighted by atomic mass is 10.1. The second-order valence-electron chi connectivity index (χ2n) is 7.02. The number of aromatic nitrogens is 3. The highest BCUT2D eigenvalue weighted by molar-refractivity contribution is 7.10. The molecule has 0 unspecified atom stereocenters. The Kier molecular flexibility index (Phi) is 5.60. The molecule has 0 saturated heterocycles. The third-order valence-electron chi connectivity index (χ3n) is 3.69. The van der Waals surface area contributed by atoms with Gasteiger partial charge in [-0.1, -0.05) is 0 Å². The van der Waals surface area contributed by atoms with Crippen molar-refractivity contribution in [2.45, 2.75) is 32.8 Å². The highest BCUT2D eigenvalue weighted by Crippen LogP contribution is 2.28. The lowest BCUT2D eigenvalue weighted by Gasteiger charge is -2.23. The molecule has 7 heteroatoms. The molecule has 0 aromatic carbocycles. The molecule has 1 N–H and O–H groups in total. The predicted molar refractivity (Wildman–Crippen MR) is 109 cm³/mol. The van der Waals surface area contributed by atoms with Crippen LogP contribution in [0.25, 0.3) is 22.3 Å². The van der Waals surface area contributed by atoms with Crippen molar-refractivity contribution >= 4 is 22.4 Å². The fourth-order valence-corrected chi connectivity index (χ4v) is 3.39. The maximum Gasteiger partial charge on any atom is 0.213 e. The molecule has 142 valence electrons. The van der Waals surface area contributed by atoms with Crippen molar-refractivity contribution in [2.75, 3.05) is 13.7 Å². The van der Waals surface area contributed by atoms with Crippen LogP contribution >= 0.6 is 11.3 Å². The van der Waals surface area contributed by atoms with Crippen LogP contribution in [-0.4, -0.2) is 34.2 Å². The van der Waals surface area contributed by atoms with E-state index in [2.05, 4.69) is 21.9 Å². The van der Waals surface area contributed by atoms with Gasteiger partial charge in [0.05, 0.1) is 23.3 Å². The van der Waals surface area contributed by atoms with E-state index in [0.29, 0.717) is 18.3 Å². The Morgan fingerprint density at radius 2 is 2.04 bits per heavy atom. The van der Waals surface area contributed by atoms with Crippen molar-refractivity contribution < 1.29 is 9.47 Å². The summed E-state index contributed by atoms with van der Waals surface area (Å²) in [5, 5.41) is 6.28. The van der Waals surface area contributed by atoms with Crippen molar-refractivity contribution in [3.63, 3.8) is 0 Å². The molecule has 0 saturated carbocycles. The van der Waals surface area contributed by atoms with Crippen LogP contribution in [0.5, 0.6) is 5.88 Å². The molecule has 3 heterocycles. The Hall–Kier alpha value is -2.67. The number of hydrogen-bond donors (Lipinski definition) is 1. The summed E-state index contributed by atoms with van der Waals surface area (Å²) in [6.07, 6.45) is 2.57. The fraction of sp³-hybridized carbons (Fsp3) is 0.350. The molecule has 3 rings (SSSR count). The second kappa shape index (κ2) is 7.92. The largest absolute Gasteiger partial charge is 0.481 e. The molecule has 27 heavy (non-hydrogen) atoms. The van der Waals surface area contributed by atoms with Crippen LogP contribution in [-0.2, 0) is 11.2 Å². The Balaban J connectivity index is 1.71. The van der Waals surface area contributed by atoms with E-state index in [1.807, 2.05) is 44.4 Å². The van der Waals surface area contributed by atoms with E-state index in [-0.39, 0.29) is 5.60 Å². The van der Waals surface area contributed by atoms with Gasteiger partial charge in [-0.15, -0.1) is 11.3 Å². The van der Waals surface area contributed by atoms with E-state index >= 15 is 0 Å².